The molecular weight excluding hydrogens is 445 g/mol. The molecule has 0 aliphatic carbocycles. The Morgan fingerprint density at radius 1 is 1.16 bits per heavy atom. The standard InChI is InChI=1S/C21H21Cl2N3O5/c22-17-9-15(11-24-25-19(27)12-26-5-7-30-8-6-26)10-18(23)20(17)31-13-14-1-3-16(4-2-14)21(28)29/h1-4,9-11H,5-8,12-13H2,(H,25,27)(H,28,29)/b24-11+. The molecule has 1 fully saturated rings. The molecule has 1 heterocycles. The summed E-state index contributed by atoms with van der Waals surface area (Å²) < 4.78 is 10.9. The van der Waals surface area contributed by atoms with Gasteiger partial charge in [-0.15, -0.1) is 0 Å². The number of amides is 1. The van der Waals surface area contributed by atoms with E-state index >= 15 is 0 Å². The molecule has 0 atom stereocenters. The summed E-state index contributed by atoms with van der Waals surface area (Å²) in [6.07, 6.45) is 1.45. The minimum Gasteiger partial charge on any atom is -0.486 e. The van der Waals surface area contributed by atoms with Gasteiger partial charge in [0.25, 0.3) is 5.91 Å². The average Bonchev–Trinajstić information content (AvgIpc) is 2.74. The van der Waals surface area contributed by atoms with Crippen molar-refractivity contribution in [1.29, 1.82) is 0 Å². The zero-order valence-corrected chi connectivity index (χ0v) is 18.0. The summed E-state index contributed by atoms with van der Waals surface area (Å²) in [4.78, 5) is 24.9. The summed E-state index contributed by atoms with van der Waals surface area (Å²) >= 11 is 12.6. The summed E-state index contributed by atoms with van der Waals surface area (Å²) in [5, 5.41) is 13.5. The number of halogens is 2. The van der Waals surface area contributed by atoms with Crippen LogP contribution in [-0.2, 0) is 16.1 Å². The van der Waals surface area contributed by atoms with Gasteiger partial charge in [-0.05, 0) is 35.4 Å². The van der Waals surface area contributed by atoms with Crippen LogP contribution in [0.2, 0.25) is 10.0 Å². The van der Waals surface area contributed by atoms with Crippen LogP contribution >= 0.6 is 23.2 Å². The number of carboxylic acid groups (broad SMARTS) is 1. The lowest BCUT2D eigenvalue weighted by Gasteiger charge is -2.25. The number of benzene rings is 2. The number of carbonyl (C=O) groups excluding carboxylic acids is 1. The molecular formula is C21H21Cl2N3O5. The molecule has 0 radical (unpaired) electrons. The van der Waals surface area contributed by atoms with E-state index in [-0.39, 0.29) is 34.7 Å². The highest BCUT2D eigenvalue weighted by Crippen LogP contribution is 2.34. The van der Waals surface area contributed by atoms with Gasteiger partial charge in [0.05, 0.1) is 41.6 Å². The van der Waals surface area contributed by atoms with Crippen LogP contribution < -0.4 is 10.2 Å². The summed E-state index contributed by atoms with van der Waals surface area (Å²) in [7, 11) is 0. The third kappa shape index (κ3) is 6.93. The first kappa shape index (κ1) is 23.0. The lowest BCUT2D eigenvalue weighted by molar-refractivity contribution is -0.123. The van der Waals surface area contributed by atoms with Crippen LogP contribution in [-0.4, -0.2) is 60.9 Å². The first-order valence-corrected chi connectivity index (χ1v) is 10.2. The second kappa shape index (κ2) is 11.1. The Morgan fingerprint density at radius 3 is 2.42 bits per heavy atom. The van der Waals surface area contributed by atoms with Crippen molar-refractivity contribution in [1.82, 2.24) is 10.3 Å². The van der Waals surface area contributed by atoms with E-state index < -0.39 is 5.97 Å². The summed E-state index contributed by atoms with van der Waals surface area (Å²) in [5.41, 5.74) is 4.04. The Kier molecular flexibility index (Phi) is 8.25. The van der Waals surface area contributed by atoms with Crippen molar-refractivity contribution in [2.75, 3.05) is 32.8 Å². The van der Waals surface area contributed by atoms with Crippen LogP contribution in [0.4, 0.5) is 0 Å². The van der Waals surface area contributed by atoms with Crippen LogP contribution in [0, 0.1) is 0 Å². The SMILES string of the molecule is O=C(CN1CCOCC1)N/N=C/c1cc(Cl)c(OCc2ccc(C(=O)O)cc2)c(Cl)c1. The first-order chi connectivity index (χ1) is 14.9. The molecule has 3 rings (SSSR count). The maximum Gasteiger partial charge on any atom is 0.335 e. The topological polar surface area (TPSA) is 100 Å². The molecule has 1 saturated heterocycles. The predicted octanol–water partition coefficient (Wildman–Crippen LogP) is 3.05. The molecule has 1 aliphatic heterocycles. The smallest absolute Gasteiger partial charge is 0.335 e. The van der Waals surface area contributed by atoms with Gasteiger partial charge < -0.3 is 14.6 Å². The monoisotopic (exact) mass is 465 g/mol. The normalized spacial score (nSPS) is 14.5. The van der Waals surface area contributed by atoms with Crippen molar-refractivity contribution in [2.45, 2.75) is 6.61 Å². The van der Waals surface area contributed by atoms with Crippen LogP contribution in [0.3, 0.4) is 0 Å². The van der Waals surface area contributed by atoms with Gasteiger partial charge in [-0.25, -0.2) is 10.2 Å². The van der Waals surface area contributed by atoms with Gasteiger partial charge in [0.2, 0.25) is 0 Å². The lowest BCUT2D eigenvalue weighted by Crippen LogP contribution is -2.42. The van der Waals surface area contributed by atoms with Crippen LogP contribution in [0.5, 0.6) is 5.75 Å². The molecule has 0 saturated carbocycles. The Morgan fingerprint density at radius 2 is 1.81 bits per heavy atom. The first-order valence-electron chi connectivity index (χ1n) is 9.48. The summed E-state index contributed by atoms with van der Waals surface area (Å²) in [5.74, 6) is -0.906. The van der Waals surface area contributed by atoms with Gasteiger partial charge in [-0.2, -0.15) is 5.10 Å². The van der Waals surface area contributed by atoms with Crippen molar-refractivity contribution >= 4 is 41.3 Å². The van der Waals surface area contributed by atoms with Gasteiger partial charge in [-0.1, -0.05) is 35.3 Å². The molecule has 164 valence electrons. The predicted molar refractivity (Wildman–Crippen MR) is 117 cm³/mol. The van der Waals surface area contributed by atoms with Crippen molar-refractivity contribution in [3.8, 4) is 5.75 Å². The maximum absolute atomic E-state index is 12.0. The molecule has 31 heavy (non-hydrogen) atoms. The minimum absolute atomic E-state index is 0.171. The highest BCUT2D eigenvalue weighted by atomic mass is 35.5. The Balaban J connectivity index is 1.54. The number of carbonyl (C=O) groups is 2. The Labute approximate surface area is 189 Å². The average molecular weight is 466 g/mol. The van der Waals surface area contributed by atoms with Crippen molar-refractivity contribution in [3.05, 3.63) is 63.1 Å². The number of hydrazone groups is 1. The fourth-order valence-electron chi connectivity index (χ4n) is 2.87. The zero-order valence-electron chi connectivity index (χ0n) is 16.5. The number of nitrogens with one attached hydrogen (secondary N) is 1. The molecule has 1 amide bonds. The number of hydrogen-bond acceptors (Lipinski definition) is 6. The maximum atomic E-state index is 12.0. The van der Waals surface area contributed by atoms with Crippen molar-refractivity contribution in [2.24, 2.45) is 5.10 Å². The van der Waals surface area contributed by atoms with E-state index in [1.165, 1.54) is 18.3 Å². The highest BCUT2D eigenvalue weighted by molar-refractivity contribution is 6.37. The second-order valence-electron chi connectivity index (χ2n) is 6.79. The van der Waals surface area contributed by atoms with Gasteiger partial charge in [-0.3, -0.25) is 9.69 Å². The van der Waals surface area contributed by atoms with Crippen LogP contribution in [0.1, 0.15) is 21.5 Å². The van der Waals surface area contributed by atoms with Crippen molar-refractivity contribution in [3.63, 3.8) is 0 Å². The molecule has 1 aliphatic rings. The largest absolute Gasteiger partial charge is 0.486 e. The van der Waals surface area contributed by atoms with E-state index in [1.54, 1.807) is 24.3 Å². The summed E-state index contributed by atoms with van der Waals surface area (Å²) in [6, 6.07) is 9.55. The fourth-order valence-corrected chi connectivity index (χ4v) is 3.48. The van der Waals surface area contributed by atoms with E-state index in [9.17, 15) is 9.59 Å². The molecule has 0 spiro atoms. The molecule has 8 nitrogen and oxygen atoms in total. The zero-order chi connectivity index (χ0) is 22.2. The van der Waals surface area contributed by atoms with Gasteiger partial charge in [0.1, 0.15) is 6.61 Å². The molecule has 0 unspecified atom stereocenters. The Hall–Kier alpha value is -2.65. The molecule has 0 bridgehead atoms. The van der Waals surface area contributed by atoms with Crippen molar-refractivity contribution < 1.29 is 24.2 Å². The highest BCUT2D eigenvalue weighted by Gasteiger charge is 2.14. The molecule has 0 aromatic heterocycles. The molecule has 10 heteroatoms. The quantitative estimate of drug-likeness (QED) is 0.458. The lowest BCUT2D eigenvalue weighted by atomic mass is 10.1. The van der Waals surface area contributed by atoms with E-state index in [0.717, 1.165) is 5.56 Å². The van der Waals surface area contributed by atoms with Gasteiger partial charge in [0.15, 0.2) is 5.75 Å². The van der Waals surface area contributed by atoms with Gasteiger partial charge in [0, 0.05) is 13.1 Å². The van der Waals surface area contributed by atoms with Crippen LogP contribution in [0.25, 0.3) is 0 Å². The third-order valence-electron chi connectivity index (χ3n) is 4.48. The number of ether oxygens (including phenoxy) is 2. The third-order valence-corrected chi connectivity index (χ3v) is 5.04. The second-order valence-corrected chi connectivity index (χ2v) is 7.60. The van der Waals surface area contributed by atoms with E-state index in [0.29, 0.717) is 37.6 Å². The van der Waals surface area contributed by atoms with Crippen LogP contribution in [0.15, 0.2) is 41.5 Å². The minimum atomic E-state index is -0.993. The fraction of sp³-hybridized carbons (Fsp3) is 0.286. The molecule has 2 aromatic rings. The van der Waals surface area contributed by atoms with E-state index in [4.69, 9.17) is 37.8 Å². The summed E-state index contributed by atoms with van der Waals surface area (Å²) in [6.45, 7) is 3.10. The number of aromatic carboxylic acids is 1. The number of rotatable bonds is 8. The van der Waals surface area contributed by atoms with E-state index in [2.05, 4.69) is 10.5 Å². The molecule has 2 aromatic carbocycles. The van der Waals surface area contributed by atoms with E-state index in [1.807, 2.05) is 4.90 Å². The van der Waals surface area contributed by atoms with Gasteiger partial charge >= 0.3 is 5.97 Å². The number of hydrogen-bond donors (Lipinski definition) is 2. The number of morpholine rings is 1. The Bertz CT molecular complexity index is 937. The number of nitrogens with zero attached hydrogens (tertiary/aromatic N) is 2. The number of carboxylic acids is 1. The molecule has 2 N–H and O–H groups in total.